The molecule has 1 aliphatic heterocycles. The molecule has 3 rings (SSSR count). The van der Waals surface area contributed by atoms with Crippen molar-refractivity contribution >= 4 is 21.6 Å². The highest BCUT2D eigenvalue weighted by Crippen LogP contribution is 2.36. The van der Waals surface area contributed by atoms with Crippen LogP contribution in [0.25, 0.3) is 0 Å². The van der Waals surface area contributed by atoms with Gasteiger partial charge in [-0.25, -0.2) is 8.42 Å². The quantitative estimate of drug-likeness (QED) is 0.656. The lowest BCUT2D eigenvalue weighted by Gasteiger charge is -2.38. The highest BCUT2D eigenvalue weighted by Gasteiger charge is 2.34. The van der Waals surface area contributed by atoms with Gasteiger partial charge in [0.05, 0.1) is 28.8 Å². The largest absolute Gasteiger partial charge is 0.486 e. The molecule has 0 bridgehead atoms. The number of aliphatic hydroxyl groups is 1. The number of sulfonamides is 1. The van der Waals surface area contributed by atoms with Gasteiger partial charge in [0.1, 0.15) is 6.10 Å². The van der Waals surface area contributed by atoms with Crippen molar-refractivity contribution in [2.75, 3.05) is 38.5 Å². The number of carbonyl (C=O) groups is 1. The normalized spacial score (nSPS) is 20.2. The molecule has 0 fully saturated rings. The van der Waals surface area contributed by atoms with Crippen molar-refractivity contribution < 1.29 is 23.1 Å². The minimum absolute atomic E-state index is 0.0534. The average molecular weight is 462 g/mol. The average Bonchev–Trinajstić information content (AvgIpc) is 2.76. The number of carbonyl (C=O) groups excluding carboxylic acids is 1. The van der Waals surface area contributed by atoms with E-state index in [-0.39, 0.29) is 52.5 Å². The van der Waals surface area contributed by atoms with Crippen LogP contribution >= 0.6 is 0 Å². The summed E-state index contributed by atoms with van der Waals surface area (Å²) in [5.41, 5.74) is 0.461. The molecule has 0 radical (unpaired) electrons. The zero-order chi connectivity index (χ0) is 23.5. The van der Waals surface area contributed by atoms with Crippen LogP contribution in [0, 0.1) is 5.92 Å². The maximum atomic E-state index is 13.4. The molecular formula is C23H31N3O5S. The topological polar surface area (TPSA) is 99.2 Å². The van der Waals surface area contributed by atoms with E-state index in [1.54, 1.807) is 48.2 Å². The predicted molar refractivity (Wildman–Crippen MR) is 123 cm³/mol. The number of hydrogen-bond donors (Lipinski definition) is 2. The van der Waals surface area contributed by atoms with E-state index < -0.39 is 10.0 Å². The molecule has 1 aliphatic rings. The third kappa shape index (κ3) is 5.23. The van der Waals surface area contributed by atoms with Gasteiger partial charge in [-0.3, -0.25) is 9.52 Å². The van der Waals surface area contributed by atoms with Crippen LogP contribution < -0.4 is 9.46 Å². The van der Waals surface area contributed by atoms with Crippen molar-refractivity contribution in [3.05, 3.63) is 54.1 Å². The lowest BCUT2D eigenvalue weighted by Crippen LogP contribution is -2.49. The van der Waals surface area contributed by atoms with E-state index in [0.717, 1.165) is 0 Å². The molecule has 0 unspecified atom stereocenters. The summed E-state index contributed by atoms with van der Waals surface area (Å²) in [6.07, 6.45) is -0.298. The molecule has 3 atom stereocenters. The lowest BCUT2D eigenvalue weighted by molar-refractivity contribution is 0.0366. The van der Waals surface area contributed by atoms with E-state index in [2.05, 4.69) is 4.72 Å². The van der Waals surface area contributed by atoms with E-state index in [1.165, 1.54) is 12.1 Å². The molecule has 174 valence electrons. The summed E-state index contributed by atoms with van der Waals surface area (Å²) in [6, 6.07) is 12.5. The van der Waals surface area contributed by atoms with Gasteiger partial charge in [-0.1, -0.05) is 31.2 Å². The molecule has 0 saturated heterocycles. The Morgan fingerprint density at radius 1 is 1.19 bits per heavy atom. The van der Waals surface area contributed by atoms with Crippen LogP contribution in [0.5, 0.6) is 5.75 Å². The summed E-state index contributed by atoms with van der Waals surface area (Å²) in [5.74, 6) is -0.162. The number of aliphatic hydroxyl groups excluding tert-OH is 1. The van der Waals surface area contributed by atoms with Crippen LogP contribution in [-0.4, -0.2) is 75.2 Å². The van der Waals surface area contributed by atoms with Crippen molar-refractivity contribution in [2.45, 2.75) is 30.9 Å². The van der Waals surface area contributed by atoms with Crippen molar-refractivity contribution in [1.82, 2.24) is 9.80 Å². The first-order valence-electron chi connectivity index (χ1n) is 10.6. The summed E-state index contributed by atoms with van der Waals surface area (Å²) in [6.45, 7) is 4.59. The van der Waals surface area contributed by atoms with E-state index in [0.29, 0.717) is 13.1 Å². The Kier molecular flexibility index (Phi) is 7.43. The van der Waals surface area contributed by atoms with Gasteiger partial charge in [-0.15, -0.1) is 0 Å². The van der Waals surface area contributed by atoms with Gasteiger partial charge >= 0.3 is 0 Å². The summed E-state index contributed by atoms with van der Waals surface area (Å²) >= 11 is 0. The number of nitrogens with zero attached hydrogens (tertiary/aromatic N) is 2. The van der Waals surface area contributed by atoms with Crippen LogP contribution in [0.3, 0.4) is 0 Å². The monoisotopic (exact) mass is 461 g/mol. The minimum Gasteiger partial charge on any atom is -0.486 e. The van der Waals surface area contributed by atoms with E-state index in [1.807, 2.05) is 25.9 Å². The van der Waals surface area contributed by atoms with Crippen LogP contribution in [0.2, 0.25) is 0 Å². The predicted octanol–water partition coefficient (Wildman–Crippen LogP) is 2.27. The third-order valence-corrected chi connectivity index (χ3v) is 6.92. The zero-order valence-corrected chi connectivity index (χ0v) is 19.7. The molecule has 9 heteroatoms. The molecule has 0 aromatic heterocycles. The summed E-state index contributed by atoms with van der Waals surface area (Å²) in [7, 11) is -0.0200. The van der Waals surface area contributed by atoms with Gasteiger partial charge in [0, 0.05) is 19.0 Å². The minimum atomic E-state index is -3.88. The lowest BCUT2D eigenvalue weighted by atomic mass is 9.99. The summed E-state index contributed by atoms with van der Waals surface area (Å²) in [5, 5.41) is 9.72. The number of fused-ring (bicyclic) bond motifs is 1. The van der Waals surface area contributed by atoms with E-state index in [4.69, 9.17) is 4.74 Å². The number of benzene rings is 2. The van der Waals surface area contributed by atoms with Crippen LogP contribution in [0.4, 0.5) is 5.69 Å². The first kappa shape index (κ1) is 24.0. The first-order chi connectivity index (χ1) is 15.1. The van der Waals surface area contributed by atoms with Crippen molar-refractivity contribution in [3.63, 3.8) is 0 Å². The Hall–Kier alpha value is -2.62. The van der Waals surface area contributed by atoms with E-state index in [9.17, 15) is 18.3 Å². The molecule has 0 spiro atoms. The number of anilines is 1. The summed E-state index contributed by atoms with van der Waals surface area (Å²) in [4.78, 5) is 17.1. The number of nitrogens with one attached hydrogen (secondary N) is 1. The number of para-hydroxylation sites is 1. The van der Waals surface area contributed by atoms with Gasteiger partial charge in [0.2, 0.25) is 0 Å². The molecule has 8 nitrogen and oxygen atoms in total. The second-order valence-electron chi connectivity index (χ2n) is 8.49. The number of ether oxygens (including phenoxy) is 1. The van der Waals surface area contributed by atoms with Crippen molar-refractivity contribution in [3.8, 4) is 5.75 Å². The number of hydrogen-bond acceptors (Lipinski definition) is 6. The summed E-state index contributed by atoms with van der Waals surface area (Å²) < 4.78 is 34.8. The van der Waals surface area contributed by atoms with Gasteiger partial charge in [0.15, 0.2) is 5.75 Å². The van der Waals surface area contributed by atoms with Crippen molar-refractivity contribution in [2.24, 2.45) is 5.92 Å². The third-order valence-electron chi connectivity index (χ3n) is 5.53. The fourth-order valence-electron chi connectivity index (χ4n) is 3.70. The SMILES string of the molecule is C[C@H](CO)N1C[C@H](C)[C@@H](CN(C)C)Oc2c(NS(=O)(=O)c3ccccc3)cccc2C1=O. The highest BCUT2D eigenvalue weighted by molar-refractivity contribution is 7.92. The maximum Gasteiger partial charge on any atom is 0.262 e. The molecular weight excluding hydrogens is 430 g/mol. The Labute approximate surface area is 189 Å². The molecule has 0 aliphatic carbocycles. The van der Waals surface area contributed by atoms with Crippen LogP contribution in [0.1, 0.15) is 24.2 Å². The Morgan fingerprint density at radius 3 is 2.50 bits per heavy atom. The second kappa shape index (κ2) is 9.89. The van der Waals surface area contributed by atoms with Gasteiger partial charge in [0.25, 0.3) is 15.9 Å². The maximum absolute atomic E-state index is 13.4. The first-order valence-corrected chi connectivity index (χ1v) is 12.1. The molecule has 32 heavy (non-hydrogen) atoms. The van der Waals surface area contributed by atoms with Crippen LogP contribution in [0.15, 0.2) is 53.4 Å². The van der Waals surface area contributed by atoms with Gasteiger partial charge in [-0.05, 0) is 45.3 Å². The number of rotatable bonds is 7. The molecule has 2 N–H and O–H groups in total. The number of amides is 1. The molecule has 1 amide bonds. The highest BCUT2D eigenvalue weighted by atomic mass is 32.2. The van der Waals surface area contributed by atoms with Crippen LogP contribution in [-0.2, 0) is 10.0 Å². The standard InChI is InChI=1S/C23H31N3O5S/c1-16-13-26(17(2)15-27)23(28)19-11-8-12-20(22(19)31-21(16)14-25(3)4)24-32(29,30)18-9-6-5-7-10-18/h5-12,16-17,21,24,27H,13-15H2,1-4H3/t16-,17+,21+/m0/s1. The Balaban J connectivity index is 2.09. The zero-order valence-electron chi connectivity index (χ0n) is 18.9. The number of likely N-dealkylation sites (N-methyl/N-ethyl adjacent to an activating group) is 1. The smallest absolute Gasteiger partial charge is 0.262 e. The molecule has 2 aromatic carbocycles. The van der Waals surface area contributed by atoms with Crippen molar-refractivity contribution in [1.29, 1.82) is 0 Å². The fraction of sp³-hybridized carbons (Fsp3) is 0.435. The molecule has 1 heterocycles. The van der Waals surface area contributed by atoms with Gasteiger partial charge < -0.3 is 19.6 Å². The molecule has 2 aromatic rings. The Morgan fingerprint density at radius 2 is 1.88 bits per heavy atom. The Bertz CT molecular complexity index is 1040. The molecule has 0 saturated carbocycles. The van der Waals surface area contributed by atoms with Gasteiger partial charge in [-0.2, -0.15) is 0 Å². The second-order valence-corrected chi connectivity index (χ2v) is 10.2. The fourth-order valence-corrected chi connectivity index (χ4v) is 4.79. The van der Waals surface area contributed by atoms with E-state index >= 15 is 0 Å².